The molecule has 0 aliphatic carbocycles. The van der Waals surface area contributed by atoms with Gasteiger partial charge < -0.3 is 19.0 Å². The quantitative estimate of drug-likeness (QED) is 0.496. The second-order valence-corrected chi connectivity index (χ2v) is 6.71. The van der Waals surface area contributed by atoms with Crippen molar-refractivity contribution in [2.45, 2.75) is 6.54 Å². The zero-order chi connectivity index (χ0) is 18.8. The molecule has 2 heterocycles. The van der Waals surface area contributed by atoms with Gasteiger partial charge >= 0.3 is 0 Å². The molecule has 0 unspecified atom stereocenters. The van der Waals surface area contributed by atoms with E-state index in [-0.39, 0.29) is 12.5 Å². The maximum atomic E-state index is 12.4. The molecule has 0 saturated heterocycles. The Morgan fingerprint density at radius 3 is 2.81 bits per heavy atom. The standard InChI is InChI=1S/C20H15BrN2O4/c1-25-14-6-7-16(21)15(10-14)20(24)22-11-13-9-19(27-23-13)18-8-12-4-2-3-5-17(12)26-18/h2-10H,11H2,1H3,(H,22,24). The summed E-state index contributed by atoms with van der Waals surface area (Å²) >= 11 is 3.37. The number of carbonyl (C=O) groups excluding carboxylic acids is 1. The number of carbonyl (C=O) groups is 1. The molecule has 0 aliphatic heterocycles. The monoisotopic (exact) mass is 426 g/mol. The average Bonchev–Trinajstić information content (AvgIpc) is 3.33. The highest BCUT2D eigenvalue weighted by Crippen LogP contribution is 2.28. The Morgan fingerprint density at radius 2 is 2.00 bits per heavy atom. The molecule has 27 heavy (non-hydrogen) atoms. The van der Waals surface area contributed by atoms with Crippen LogP contribution in [0.15, 0.2) is 68.0 Å². The van der Waals surface area contributed by atoms with Gasteiger partial charge in [-0.3, -0.25) is 4.79 Å². The summed E-state index contributed by atoms with van der Waals surface area (Å²) in [6, 6.07) is 16.6. The van der Waals surface area contributed by atoms with Gasteiger partial charge in [0.25, 0.3) is 5.91 Å². The SMILES string of the molecule is COc1ccc(Br)c(C(=O)NCc2cc(-c3cc4ccccc4o3)on2)c1. The van der Waals surface area contributed by atoms with Gasteiger partial charge in [0.05, 0.1) is 19.2 Å². The number of rotatable bonds is 5. The summed E-state index contributed by atoms with van der Waals surface area (Å²) in [4.78, 5) is 12.4. The molecular weight excluding hydrogens is 412 g/mol. The zero-order valence-corrected chi connectivity index (χ0v) is 15.9. The largest absolute Gasteiger partial charge is 0.497 e. The molecule has 0 radical (unpaired) electrons. The minimum absolute atomic E-state index is 0.228. The Balaban J connectivity index is 1.47. The van der Waals surface area contributed by atoms with E-state index in [4.69, 9.17) is 13.7 Å². The maximum absolute atomic E-state index is 12.4. The Morgan fingerprint density at radius 1 is 1.15 bits per heavy atom. The summed E-state index contributed by atoms with van der Waals surface area (Å²) < 4.78 is 17.0. The van der Waals surface area contributed by atoms with Crippen LogP contribution >= 0.6 is 15.9 Å². The van der Waals surface area contributed by atoms with Crippen LogP contribution in [-0.4, -0.2) is 18.2 Å². The van der Waals surface area contributed by atoms with Gasteiger partial charge in [-0.2, -0.15) is 0 Å². The Bertz CT molecular complexity index is 1080. The van der Waals surface area contributed by atoms with Crippen LogP contribution in [0, 0.1) is 0 Å². The molecule has 2 aromatic carbocycles. The van der Waals surface area contributed by atoms with Crippen molar-refractivity contribution < 1.29 is 18.5 Å². The molecule has 7 heteroatoms. The van der Waals surface area contributed by atoms with E-state index in [1.165, 1.54) is 0 Å². The summed E-state index contributed by atoms with van der Waals surface area (Å²) in [6.07, 6.45) is 0. The number of para-hydroxylation sites is 1. The number of amides is 1. The smallest absolute Gasteiger partial charge is 0.252 e. The number of fused-ring (bicyclic) bond motifs is 1. The average molecular weight is 427 g/mol. The van der Waals surface area contributed by atoms with E-state index in [1.807, 2.05) is 30.3 Å². The van der Waals surface area contributed by atoms with Gasteiger partial charge in [-0.15, -0.1) is 0 Å². The van der Waals surface area contributed by atoms with Gasteiger partial charge in [0, 0.05) is 15.9 Å². The number of benzene rings is 2. The highest BCUT2D eigenvalue weighted by atomic mass is 79.9. The zero-order valence-electron chi connectivity index (χ0n) is 14.4. The summed E-state index contributed by atoms with van der Waals surface area (Å²) in [7, 11) is 1.56. The van der Waals surface area contributed by atoms with E-state index in [1.54, 1.807) is 31.4 Å². The van der Waals surface area contributed by atoms with Crippen molar-refractivity contribution in [2.75, 3.05) is 7.11 Å². The molecule has 1 amide bonds. The van der Waals surface area contributed by atoms with E-state index in [0.29, 0.717) is 33.0 Å². The molecule has 1 N–H and O–H groups in total. The summed E-state index contributed by atoms with van der Waals surface area (Å²) in [6.45, 7) is 0.228. The van der Waals surface area contributed by atoms with Crippen molar-refractivity contribution in [2.24, 2.45) is 0 Å². The van der Waals surface area contributed by atoms with Crippen molar-refractivity contribution in [1.82, 2.24) is 10.5 Å². The van der Waals surface area contributed by atoms with Crippen LogP contribution in [0.3, 0.4) is 0 Å². The predicted octanol–water partition coefficient (Wildman–Crippen LogP) is 4.79. The molecule has 136 valence electrons. The summed E-state index contributed by atoms with van der Waals surface area (Å²) in [5.74, 6) is 1.47. The number of nitrogens with zero attached hydrogens (tertiary/aromatic N) is 1. The minimum atomic E-state index is -0.242. The van der Waals surface area contributed by atoms with Crippen LogP contribution in [0.25, 0.3) is 22.5 Å². The van der Waals surface area contributed by atoms with Crippen LogP contribution in [0.5, 0.6) is 5.75 Å². The first-order valence-corrected chi connectivity index (χ1v) is 8.99. The number of nitrogens with one attached hydrogen (secondary N) is 1. The fourth-order valence-electron chi connectivity index (χ4n) is 2.69. The summed E-state index contributed by atoms with van der Waals surface area (Å²) in [5.41, 5.74) is 1.86. The van der Waals surface area contributed by atoms with Crippen LogP contribution in [-0.2, 0) is 6.54 Å². The van der Waals surface area contributed by atoms with Crippen LogP contribution in [0.1, 0.15) is 16.1 Å². The first kappa shape index (κ1) is 17.4. The maximum Gasteiger partial charge on any atom is 0.252 e. The molecule has 6 nitrogen and oxygen atoms in total. The molecule has 0 bridgehead atoms. The van der Waals surface area contributed by atoms with E-state index in [9.17, 15) is 4.79 Å². The molecular formula is C20H15BrN2O4. The van der Waals surface area contributed by atoms with E-state index in [0.717, 1.165) is 11.0 Å². The van der Waals surface area contributed by atoms with Gasteiger partial charge in [-0.05, 0) is 46.3 Å². The molecule has 4 aromatic rings. The first-order valence-electron chi connectivity index (χ1n) is 8.20. The van der Waals surface area contributed by atoms with Gasteiger partial charge in [-0.25, -0.2) is 0 Å². The number of ether oxygens (including phenoxy) is 1. The lowest BCUT2D eigenvalue weighted by molar-refractivity contribution is 0.0949. The van der Waals surface area contributed by atoms with Gasteiger partial charge in [0.2, 0.25) is 5.76 Å². The highest BCUT2D eigenvalue weighted by Gasteiger charge is 2.15. The number of aromatic nitrogens is 1. The lowest BCUT2D eigenvalue weighted by Gasteiger charge is -2.07. The van der Waals surface area contributed by atoms with E-state index in [2.05, 4.69) is 26.4 Å². The molecule has 0 aliphatic rings. The molecule has 4 rings (SSSR count). The van der Waals surface area contributed by atoms with E-state index < -0.39 is 0 Å². The highest BCUT2D eigenvalue weighted by molar-refractivity contribution is 9.10. The predicted molar refractivity (Wildman–Crippen MR) is 104 cm³/mol. The molecule has 0 saturated carbocycles. The molecule has 0 atom stereocenters. The second kappa shape index (κ2) is 7.28. The van der Waals surface area contributed by atoms with Crippen LogP contribution in [0.2, 0.25) is 0 Å². The number of hydrogen-bond donors (Lipinski definition) is 1. The van der Waals surface area contributed by atoms with Crippen molar-refractivity contribution in [1.29, 1.82) is 0 Å². The molecule has 0 fully saturated rings. The fraction of sp³-hybridized carbons (Fsp3) is 0.100. The van der Waals surface area contributed by atoms with Gasteiger partial charge in [-0.1, -0.05) is 23.4 Å². The third-order valence-corrected chi connectivity index (χ3v) is 4.77. The van der Waals surface area contributed by atoms with Gasteiger partial charge in [0.15, 0.2) is 5.76 Å². The fourth-order valence-corrected chi connectivity index (χ4v) is 3.11. The first-order chi connectivity index (χ1) is 13.1. The minimum Gasteiger partial charge on any atom is -0.497 e. The van der Waals surface area contributed by atoms with Crippen LogP contribution < -0.4 is 10.1 Å². The number of hydrogen-bond acceptors (Lipinski definition) is 5. The topological polar surface area (TPSA) is 77.5 Å². The molecule has 0 spiro atoms. The van der Waals surface area contributed by atoms with Crippen molar-refractivity contribution in [3.63, 3.8) is 0 Å². The normalized spacial score (nSPS) is 10.9. The Hall–Kier alpha value is -3.06. The lowest BCUT2D eigenvalue weighted by Crippen LogP contribution is -2.23. The van der Waals surface area contributed by atoms with E-state index >= 15 is 0 Å². The number of furan rings is 1. The Labute approximate surface area is 163 Å². The number of methoxy groups -OCH3 is 1. The van der Waals surface area contributed by atoms with Gasteiger partial charge in [0.1, 0.15) is 17.0 Å². The van der Waals surface area contributed by atoms with Crippen molar-refractivity contribution in [3.8, 4) is 17.3 Å². The van der Waals surface area contributed by atoms with Crippen molar-refractivity contribution >= 4 is 32.8 Å². The second-order valence-electron chi connectivity index (χ2n) is 5.86. The summed E-state index contributed by atoms with van der Waals surface area (Å²) in [5, 5.41) is 7.81. The Kier molecular flexibility index (Phi) is 4.68. The molecule has 2 aromatic heterocycles. The third-order valence-electron chi connectivity index (χ3n) is 4.08. The lowest BCUT2D eigenvalue weighted by atomic mass is 10.2. The number of halogens is 1. The third kappa shape index (κ3) is 3.59. The van der Waals surface area contributed by atoms with Crippen LogP contribution in [0.4, 0.5) is 0 Å². The van der Waals surface area contributed by atoms with Crippen molar-refractivity contribution in [3.05, 3.63) is 70.3 Å².